The summed E-state index contributed by atoms with van der Waals surface area (Å²) >= 11 is 2.85. The fraction of sp³-hybridized carbons (Fsp3) is 0.682. The van der Waals surface area contributed by atoms with Gasteiger partial charge in [-0.25, -0.2) is 9.78 Å². The monoisotopic (exact) mass is 439 g/mol. The van der Waals surface area contributed by atoms with Crippen LogP contribution in [0.3, 0.4) is 0 Å². The molecule has 0 aliphatic heterocycles. The number of aliphatic hydroxyl groups is 1. The van der Waals surface area contributed by atoms with Gasteiger partial charge in [0.2, 0.25) is 0 Å². The van der Waals surface area contributed by atoms with Crippen LogP contribution in [0, 0.1) is 17.8 Å². The quantitative estimate of drug-likeness (QED) is 0.333. The van der Waals surface area contributed by atoms with Crippen LogP contribution in [0.4, 0.5) is 0 Å². The first-order chi connectivity index (χ1) is 13.7. The van der Waals surface area contributed by atoms with E-state index in [9.17, 15) is 14.7 Å². The van der Waals surface area contributed by atoms with E-state index in [1.165, 1.54) is 23.1 Å². The zero-order valence-corrected chi connectivity index (χ0v) is 19.2. The Kier molecular flexibility index (Phi) is 9.37. The summed E-state index contributed by atoms with van der Waals surface area (Å²) in [6.45, 7) is 6.29. The maximum absolute atomic E-state index is 12.3. The summed E-state index contributed by atoms with van der Waals surface area (Å²) in [4.78, 5) is 27.3. The van der Waals surface area contributed by atoms with Crippen molar-refractivity contribution in [3.63, 3.8) is 0 Å². The molecule has 1 fully saturated rings. The highest BCUT2D eigenvalue weighted by atomic mass is 32.2. The van der Waals surface area contributed by atoms with Crippen LogP contribution in [0.5, 0.6) is 0 Å². The van der Waals surface area contributed by atoms with Gasteiger partial charge >= 0.3 is 5.97 Å². The Labute approximate surface area is 182 Å². The van der Waals surface area contributed by atoms with Crippen LogP contribution >= 0.6 is 23.1 Å². The SMILES string of the molecule is CC(C)CCCC(C)(O)CC=C[C@H]1CCC(=O)[C@@H]1CCSc1nc(C(=O)O)cs1. The van der Waals surface area contributed by atoms with Gasteiger partial charge in [-0.1, -0.05) is 50.6 Å². The van der Waals surface area contributed by atoms with Crippen molar-refractivity contribution in [2.45, 2.75) is 75.7 Å². The number of thioether (sulfide) groups is 1. The van der Waals surface area contributed by atoms with Crippen molar-refractivity contribution in [1.82, 2.24) is 4.98 Å². The van der Waals surface area contributed by atoms with E-state index in [-0.39, 0.29) is 17.5 Å². The van der Waals surface area contributed by atoms with Gasteiger partial charge in [0.1, 0.15) is 5.78 Å². The molecule has 1 aromatic rings. The van der Waals surface area contributed by atoms with E-state index in [1.54, 1.807) is 5.38 Å². The van der Waals surface area contributed by atoms with Gasteiger partial charge < -0.3 is 10.2 Å². The lowest BCUT2D eigenvalue weighted by molar-refractivity contribution is -0.121. The molecule has 1 heterocycles. The molecular formula is C22H33NO4S2. The highest BCUT2D eigenvalue weighted by Gasteiger charge is 2.32. The molecule has 0 bridgehead atoms. The molecule has 1 aliphatic carbocycles. The van der Waals surface area contributed by atoms with E-state index in [4.69, 9.17) is 5.11 Å². The number of thiazole rings is 1. The molecule has 5 nitrogen and oxygen atoms in total. The molecule has 0 radical (unpaired) electrons. The number of carbonyl (C=O) groups is 2. The van der Waals surface area contributed by atoms with Crippen molar-refractivity contribution in [3.05, 3.63) is 23.2 Å². The first-order valence-electron chi connectivity index (χ1n) is 10.4. The highest BCUT2D eigenvalue weighted by Crippen LogP contribution is 2.35. The second-order valence-electron chi connectivity index (χ2n) is 8.63. The number of carbonyl (C=O) groups excluding carboxylic acids is 1. The van der Waals surface area contributed by atoms with Crippen LogP contribution in [0.15, 0.2) is 21.9 Å². The number of aromatic carboxylic acids is 1. The molecule has 1 aromatic heterocycles. The normalized spacial score (nSPS) is 21.9. The lowest BCUT2D eigenvalue weighted by atomic mass is 9.90. The molecule has 1 aliphatic rings. The molecule has 3 atom stereocenters. The number of hydrogen-bond acceptors (Lipinski definition) is 6. The number of carboxylic acids is 1. The van der Waals surface area contributed by atoms with Gasteiger partial charge in [-0.15, -0.1) is 11.3 Å². The van der Waals surface area contributed by atoms with Gasteiger partial charge in [-0.2, -0.15) is 0 Å². The third kappa shape index (κ3) is 8.22. The average Bonchev–Trinajstić information content (AvgIpc) is 3.23. The number of nitrogens with zero attached hydrogens (tertiary/aromatic N) is 1. The molecule has 0 saturated heterocycles. The predicted octanol–water partition coefficient (Wildman–Crippen LogP) is 5.44. The predicted molar refractivity (Wildman–Crippen MR) is 119 cm³/mol. The average molecular weight is 440 g/mol. The van der Waals surface area contributed by atoms with E-state index >= 15 is 0 Å². The second kappa shape index (κ2) is 11.3. The van der Waals surface area contributed by atoms with Gasteiger partial charge in [0.15, 0.2) is 10.0 Å². The summed E-state index contributed by atoms with van der Waals surface area (Å²) in [5.41, 5.74) is -0.609. The van der Waals surface area contributed by atoms with Gasteiger partial charge in [0.25, 0.3) is 0 Å². The number of rotatable bonds is 12. The largest absolute Gasteiger partial charge is 0.476 e. The molecular weight excluding hydrogens is 406 g/mol. The van der Waals surface area contributed by atoms with Crippen molar-refractivity contribution in [1.29, 1.82) is 0 Å². The van der Waals surface area contributed by atoms with Gasteiger partial charge in [0, 0.05) is 23.5 Å². The van der Waals surface area contributed by atoms with Gasteiger partial charge in [-0.3, -0.25) is 4.79 Å². The Morgan fingerprint density at radius 1 is 1.48 bits per heavy atom. The van der Waals surface area contributed by atoms with Crippen molar-refractivity contribution in [3.8, 4) is 0 Å². The third-order valence-corrected chi connectivity index (χ3v) is 7.50. The van der Waals surface area contributed by atoms with Gasteiger partial charge in [-0.05, 0) is 44.4 Å². The number of Topliss-reactive ketones (excluding diaryl/α,β-unsaturated/α-hetero) is 1. The topological polar surface area (TPSA) is 87.5 Å². The van der Waals surface area contributed by atoms with E-state index in [0.717, 1.165) is 42.2 Å². The fourth-order valence-electron chi connectivity index (χ4n) is 3.72. The number of ketones is 1. The maximum atomic E-state index is 12.3. The second-order valence-corrected chi connectivity index (χ2v) is 10.8. The molecule has 0 spiro atoms. The molecule has 1 saturated carbocycles. The Bertz CT molecular complexity index is 711. The van der Waals surface area contributed by atoms with Crippen LogP contribution in [-0.2, 0) is 4.79 Å². The minimum absolute atomic E-state index is 0.0172. The van der Waals surface area contributed by atoms with E-state index < -0.39 is 11.6 Å². The standard InChI is InChI=1S/C22H33NO4S2/c1-15(2)6-4-11-22(3,27)12-5-7-16-8-9-19(24)17(16)10-13-28-21-23-18(14-29-21)20(25)26/h5,7,14-17,27H,4,6,8-13H2,1-3H3,(H,25,26)/t16-,17+,22?/m0/s1. The molecule has 0 aromatic carbocycles. The van der Waals surface area contributed by atoms with Crippen molar-refractivity contribution in [2.24, 2.45) is 17.8 Å². The maximum Gasteiger partial charge on any atom is 0.355 e. The minimum Gasteiger partial charge on any atom is -0.476 e. The third-order valence-electron chi connectivity index (χ3n) is 5.45. The number of hydrogen-bond donors (Lipinski definition) is 2. The molecule has 2 N–H and O–H groups in total. The zero-order chi connectivity index (χ0) is 21.4. The van der Waals surface area contributed by atoms with Crippen molar-refractivity contribution in [2.75, 3.05) is 5.75 Å². The van der Waals surface area contributed by atoms with Crippen LogP contribution in [0.25, 0.3) is 0 Å². The Morgan fingerprint density at radius 3 is 2.90 bits per heavy atom. The highest BCUT2D eigenvalue weighted by molar-refractivity contribution is 8.01. The summed E-state index contributed by atoms with van der Waals surface area (Å²) < 4.78 is 0.734. The lowest BCUT2D eigenvalue weighted by Crippen LogP contribution is -2.23. The minimum atomic E-state index is -1.01. The van der Waals surface area contributed by atoms with Crippen molar-refractivity contribution < 1.29 is 19.8 Å². The molecule has 7 heteroatoms. The smallest absolute Gasteiger partial charge is 0.355 e. The number of allylic oxidation sites excluding steroid dienone is 1. The van der Waals surface area contributed by atoms with Crippen molar-refractivity contribution >= 4 is 34.9 Å². The summed E-state index contributed by atoms with van der Waals surface area (Å²) in [5, 5.41) is 21.0. The summed E-state index contributed by atoms with van der Waals surface area (Å²) in [6.07, 6.45) is 10.0. The van der Waals surface area contributed by atoms with Crippen LogP contribution in [0.1, 0.15) is 76.2 Å². The fourth-order valence-corrected chi connectivity index (χ4v) is 5.62. The Hall–Kier alpha value is -1.18. The first-order valence-corrected chi connectivity index (χ1v) is 12.3. The molecule has 2 rings (SSSR count). The Morgan fingerprint density at radius 2 is 2.24 bits per heavy atom. The van der Waals surface area contributed by atoms with Gasteiger partial charge in [0.05, 0.1) is 5.60 Å². The van der Waals surface area contributed by atoms with E-state index in [2.05, 4.69) is 31.0 Å². The number of aromatic nitrogens is 1. The van der Waals surface area contributed by atoms with Crippen LogP contribution in [0.2, 0.25) is 0 Å². The molecule has 162 valence electrons. The Balaban J connectivity index is 1.79. The zero-order valence-electron chi connectivity index (χ0n) is 17.6. The molecule has 29 heavy (non-hydrogen) atoms. The van der Waals surface area contributed by atoms with E-state index in [1.807, 2.05) is 6.92 Å². The van der Waals surface area contributed by atoms with Crippen LogP contribution < -0.4 is 0 Å². The summed E-state index contributed by atoms with van der Waals surface area (Å²) in [5.74, 6) is 0.965. The summed E-state index contributed by atoms with van der Waals surface area (Å²) in [7, 11) is 0. The molecule has 1 unspecified atom stereocenters. The number of carboxylic acid groups (broad SMARTS) is 1. The first kappa shape index (κ1) is 24.1. The van der Waals surface area contributed by atoms with Crippen LogP contribution in [-0.4, -0.2) is 38.3 Å². The summed E-state index contributed by atoms with van der Waals surface area (Å²) in [6, 6.07) is 0. The van der Waals surface area contributed by atoms with E-state index in [0.29, 0.717) is 24.5 Å². The lowest BCUT2D eigenvalue weighted by Gasteiger charge is -2.22. The molecule has 0 amide bonds.